The van der Waals surface area contributed by atoms with Crippen LogP contribution in [0, 0.1) is 0 Å². The van der Waals surface area contributed by atoms with Crippen LogP contribution in [0.3, 0.4) is 0 Å². The number of hydrogen-bond acceptors (Lipinski definition) is 5. The maximum Gasteiger partial charge on any atom is 0.140 e. The number of thioether (sulfide) groups is 1. The molecule has 0 saturated carbocycles. The van der Waals surface area contributed by atoms with Gasteiger partial charge in [0, 0.05) is 6.54 Å². The molecule has 0 radical (unpaired) electrons. The van der Waals surface area contributed by atoms with Crippen molar-refractivity contribution in [3.05, 3.63) is 82.9 Å². The second kappa shape index (κ2) is 10.3. The lowest BCUT2D eigenvalue weighted by Gasteiger charge is -2.34. The van der Waals surface area contributed by atoms with Crippen molar-refractivity contribution in [3.63, 3.8) is 0 Å². The van der Waals surface area contributed by atoms with E-state index in [1.807, 2.05) is 30.3 Å². The molecule has 172 valence electrons. The SMILES string of the molecule is Oc1ccc2c(c1Cl)SC(c1ccccc1)C(c1ccc(OCCN3CCCCC3)cc1)O2. The maximum atomic E-state index is 10.1. The first-order valence-corrected chi connectivity index (χ1v) is 12.8. The first-order chi connectivity index (χ1) is 16.2. The van der Waals surface area contributed by atoms with Crippen LogP contribution in [0.25, 0.3) is 0 Å². The van der Waals surface area contributed by atoms with E-state index >= 15 is 0 Å². The normalized spacial score (nSPS) is 20.6. The number of hydrogen-bond donors (Lipinski definition) is 1. The minimum atomic E-state index is -0.187. The van der Waals surface area contributed by atoms with Gasteiger partial charge in [0.15, 0.2) is 0 Å². The highest BCUT2D eigenvalue weighted by molar-refractivity contribution is 7.99. The Morgan fingerprint density at radius 2 is 1.70 bits per heavy atom. The van der Waals surface area contributed by atoms with Crippen molar-refractivity contribution in [2.75, 3.05) is 26.2 Å². The van der Waals surface area contributed by atoms with Crippen LogP contribution in [0.2, 0.25) is 5.02 Å². The molecule has 0 aliphatic carbocycles. The predicted octanol–water partition coefficient (Wildman–Crippen LogP) is 6.88. The Morgan fingerprint density at radius 1 is 0.939 bits per heavy atom. The van der Waals surface area contributed by atoms with Gasteiger partial charge in [0.25, 0.3) is 0 Å². The molecule has 5 rings (SSSR count). The van der Waals surface area contributed by atoms with E-state index < -0.39 is 0 Å². The second-order valence-electron chi connectivity index (χ2n) is 8.53. The van der Waals surface area contributed by atoms with Gasteiger partial charge in [-0.1, -0.05) is 60.5 Å². The van der Waals surface area contributed by atoms with E-state index in [1.165, 1.54) is 32.4 Å². The van der Waals surface area contributed by atoms with Gasteiger partial charge in [-0.05, 0) is 61.3 Å². The monoisotopic (exact) mass is 481 g/mol. The number of nitrogens with zero attached hydrogens (tertiary/aromatic N) is 1. The molecule has 2 atom stereocenters. The Hall–Kier alpha value is -2.34. The molecular formula is C27H28ClNO3S. The van der Waals surface area contributed by atoms with Crippen molar-refractivity contribution in [1.29, 1.82) is 0 Å². The highest BCUT2D eigenvalue weighted by Gasteiger charge is 2.35. The predicted molar refractivity (Wildman–Crippen MR) is 134 cm³/mol. The summed E-state index contributed by atoms with van der Waals surface area (Å²) in [6, 6.07) is 21.9. The third-order valence-corrected chi connectivity index (χ3v) is 8.18. The first kappa shape index (κ1) is 22.5. The summed E-state index contributed by atoms with van der Waals surface area (Å²) in [7, 11) is 0. The number of likely N-dealkylation sites (tertiary alicyclic amines) is 1. The van der Waals surface area contributed by atoms with Gasteiger partial charge in [0.05, 0.1) is 15.2 Å². The molecular weight excluding hydrogens is 454 g/mol. The van der Waals surface area contributed by atoms with Gasteiger partial charge in [-0.2, -0.15) is 0 Å². The van der Waals surface area contributed by atoms with Gasteiger partial charge in [-0.25, -0.2) is 0 Å². The lowest BCUT2D eigenvalue weighted by Crippen LogP contribution is -2.33. The Bertz CT molecular complexity index is 1070. The zero-order chi connectivity index (χ0) is 22.6. The molecule has 3 aromatic rings. The van der Waals surface area contributed by atoms with Crippen LogP contribution < -0.4 is 9.47 Å². The zero-order valence-electron chi connectivity index (χ0n) is 18.5. The van der Waals surface area contributed by atoms with Crippen molar-refractivity contribution in [2.45, 2.75) is 35.5 Å². The number of aromatic hydroxyl groups is 1. The van der Waals surface area contributed by atoms with Crippen LogP contribution in [0.5, 0.6) is 17.2 Å². The van der Waals surface area contributed by atoms with E-state index in [2.05, 4.69) is 29.2 Å². The first-order valence-electron chi connectivity index (χ1n) is 11.5. The number of fused-ring (bicyclic) bond motifs is 1. The number of halogens is 1. The van der Waals surface area contributed by atoms with Crippen LogP contribution >= 0.6 is 23.4 Å². The van der Waals surface area contributed by atoms with Gasteiger partial charge >= 0.3 is 0 Å². The molecule has 6 heteroatoms. The van der Waals surface area contributed by atoms with E-state index in [0.29, 0.717) is 17.4 Å². The summed E-state index contributed by atoms with van der Waals surface area (Å²) in [6.07, 6.45) is 3.75. The molecule has 4 nitrogen and oxygen atoms in total. The average molecular weight is 482 g/mol. The smallest absolute Gasteiger partial charge is 0.140 e. The molecule has 0 amide bonds. The number of rotatable bonds is 6. The molecule has 3 aromatic carbocycles. The Labute approximate surface area is 204 Å². The van der Waals surface area contributed by atoms with E-state index in [9.17, 15) is 5.11 Å². The minimum Gasteiger partial charge on any atom is -0.506 e. The number of phenols is 1. The molecule has 2 unspecified atom stereocenters. The molecule has 33 heavy (non-hydrogen) atoms. The molecule has 2 aliphatic rings. The fourth-order valence-corrected chi connectivity index (χ4v) is 6.09. The number of ether oxygens (including phenoxy) is 2. The fourth-order valence-electron chi connectivity index (χ4n) is 4.48. The van der Waals surface area contributed by atoms with Crippen LogP contribution in [-0.4, -0.2) is 36.2 Å². The molecule has 2 heterocycles. The minimum absolute atomic E-state index is 0.00358. The lowest BCUT2D eigenvalue weighted by atomic mass is 10.00. The van der Waals surface area contributed by atoms with Gasteiger partial charge < -0.3 is 14.6 Å². The van der Waals surface area contributed by atoms with Crippen LogP contribution in [0.15, 0.2) is 71.6 Å². The summed E-state index contributed by atoms with van der Waals surface area (Å²) in [5.74, 6) is 1.65. The van der Waals surface area contributed by atoms with Crippen LogP contribution in [0.4, 0.5) is 0 Å². The zero-order valence-corrected chi connectivity index (χ0v) is 20.0. The molecule has 1 fully saturated rings. The van der Waals surface area contributed by atoms with Gasteiger partial charge in [0.1, 0.15) is 30.0 Å². The van der Waals surface area contributed by atoms with Gasteiger partial charge in [0.2, 0.25) is 0 Å². The molecule has 1 saturated heterocycles. The summed E-state index contributed by atoms with van der Waals surface area (Å²) in [5.41, 5.74) is 2.23. The molecule has 1 N–H and O–H groups in total. The van der Waals surface area contributed by atoms with E-state index in [4.69, 9.17) is 21.1 Å². The Kier molecular flexibility index (Phi) is 7.00. The van der Waals surface area contributed by atoms with Crippen molar-refractivity contribution < 1.29 is 14.6 Å². The lowest BCUT2D eigenvalue weighted by molar-refractivity contribution is 0.182. The fraction of sp³-hybridized carbons (Fsp3) is 0.333. The van der Waals surface area contributed by atoms with Crippen LogP contribution in [0.1, 0.15) is 41.7 Å². The maximum absolute atomic E-state index is 10.1. The molecule has 0 bridgehead atoms. The second-order valence-corrected chi connectivity index (χ2v) is 10.1. The van der Waals surface area contributed by atoms with Crippen LogP contribution in [-0.2, 0) is 0 Å². The van der Waals surface area contributed by atoms with E-state index in [1.54, 1.807) is 23.9 Å². The Morgan fingerprint density at radius 3 is 2.45 bits per heavy atom. The summed E-state index contributed by atoms with van der Waals surface area (Å²) < 4.78 is 12.5. The highest BCUT2D eigenvalue weighted by atomic mass is 35.5. The third-order valence-electron chi connectivity index (χ3n) is 6.28. The van der Waals surface area contributed by atoms with Crippen molar-refractivity contribution in [3.8, 4) is 17.2 Å². The molecule has 0 spiro atoms. The molecule has 0 aromatic heterocycles. The number of phenolic OH excluding ortho intramolecular Hbond substituents is 1. The largest absolute Gasteiger partial charge is 0.506 e. The van der Waals surface area contributed by atoms with E-state index in [0.717, 1.165) is 28.3 Å². The van der Waals surface area contributed by atoms with Gasteiger partial charge in [-0.15, -0.1) is 11.8 Å². The quantitative estimate of drug-likeness (QED) is 0.415. The number of benzene rings is 3. The average Bonchev–Trinajstić information content (AvgIpc) is 2.87. The van der Waals surface area contributed by atoms with Crippen molar-refractivity contribution in [2.24, 2.45) is 0 Å². The van der Waals surface area contributed by atoms with Gasteiger partial charge in [-0.3, -0.25) is 4.90 Å². The number of piperidine rings is 1. The summed E-state index contributed by atoms with van der Waals surface area (Å²) >= 11 is 8.05. The Balaban J connectivity index is 1.34. The molecule has 2 aliphatic heterocycles. The van der Waals surface area contributed by atoms with Crippen molar-refractivity contribution in [1.82, 2.24) is 4.90 Å². The topological polar surface area (TPSA) is 41.9 Å². The summed E-state index contributed by atoms with van der Waals surface area (Å²) in [5, 5.41) is 10.4. The summed E-state index contributed by atoms with van der Waals surface area (Å²) in [6.45, 7) is 4.05. The van der Waals surface area contributed by atoms with Crippen molar-refractivity contribution >= 4 is 23.4 Å². The highest BCUT2D eigenvalue weighted by Crippen LogP contribution is 2.56. The van der Waals surface area contributed by atoms with E-state index in [-0.39, 0.29) is 17.1 Å². The third kappa shape index (κ3) is 5.11. The standard InChI is InChI=1S/C27H28ClNO3S/c28-24-22(30)13-14-23-27(24)33-26(20-7-3-1-4-8-20)25(32-23)19-9-11-21(12-10-19)31-18-17-29-15-5-2-6-16-29/h1,3-4,7-14,25-26,30H,2,5-6,15-18H2. The summed E-state index contributed by atoms with van der Waals surface area (Å²) in [4.78, 5) is 3.26.